The topological polar surface area (TPSA) is 60.1 Å². The molecule has 1 saturated carbocycles. The van der Waals surface area contributed by atoms with Gasteiger partial charge < -0.3 is 19.5 Å². The van der Waals surface area contributed by atoms with Crippen LogP contribution in [-0.2, 0) is 21.3 Å². The Balaban J connectivity index is 1.65. The molecule has 0 aromatic heterocycles. The van der Waals surface area contributed by atoms with Crippen molar-refractivity contribution in [1.82, 2.24) is 5.32 Å². The first-order valence-electron chi connectivity index (χ1n) is 9.41. The molecule has 5 heteroatoms. The standard InChI is InChI=1S/C20H27NO4/c1-3-24-18(22)21-11-10-19-8-4-5-9-20(19)17(25-20)12-14-6-7-15(23-2)13-16(14)19/h6-7,13,17H,3-5,8-12H2,1-2H3,(H,21,22)/t17-,19-,20-/m0/s1. The minimum absolute atomic E-state index is 0.0302. The number of hydrogen-bond acceptors (Lipinski definition) is 4. The maximum atomic E-state index is 11.7. The van der Waals surface area contributed by atoms with Gasteiger partial charge in [0.1, 0.15) is 11.4 Å². The normalized spacial score (nSPS) is 32.0. The lowest BCUT2D eigenvalue weighted by atomic mass is 9.55. The Hall–Kier alpha value is -1.75. The summed E-state index contributed by atoms with van der Waals surface area (Å²) in [6.45, 7) is 2.82. The molecule has 3 aliphatic rings. The third kappa shape index (κ3) is 2.51. The molecular weight excluding hydrogens is 318 g/mol. The van der Waals surface area contributed by atoms with E-state index >= 15 is 0 Å². The summed E-state index contributed by atoms with van der Waals surface area (Å²) < 4.78 is 16.8. The predicted octanol–water partition coefficient (Wildman–Crippen LogP) is 3.34. The fourth-order valence-corrected chi connectivity index (χ4v) is 5.23. The molecule has 1 aliphatic heterocycles. The number of fused-ring (bicyclic) bond motifs is 2. The Morgan fingerprint density at radius 3 is 3.00 bits per heavy atom. The first-order chi connectivity index (χ1) is 12.1. The Morgan fingerprint density at radius 2 is 2.20 bits per heavy atom. The second kappa shape index (κ2) is 6.20. The van der Waals surface area contributed by atoms with Crippen molar-refractivity contribution in [2.45, 2.75) is 62.6 Å². The Morgan fingerprint density at radius 1 is 1.36 bits per heavy atom. The Labute approximate surface area is 149 Å². The van der Waals surface area contributed by atoms with E-state index in [9.17, 15) is 4.79 Å². The molecule has 136 valence electrons. The molecule has 25 heavy (non-hydrogen) atoms. The molecule has 2 aliphatic carbocycles. The first-order valence-corrected chi connectivity index (χ1v) is 9.41. The van der Waals surface area contributed by atoms with Gasteiger partial charge in [-0.25, -0.2) is 4.79 Å². The van der Waals surface area contributed by atoms with Crippen LogP contribution in [0.15, 0.2) is 18.2 Å². The van der Waals surface area contributed by atoms with Crippen molar-refractivity contribution < 1.29 is 19.0 Å². The number of carbonyl (C=O) groups is 1. The molecule has 1 aromatic carbocycles. The fourth-order valence-electron chi connectivity index (χ4n) is 5.23. The highest BCUT2D eigenvalue weighted by Gasteiger charge is 2.71. The van der Waals surface area contributed by atoms with Gasteiger partial charge in [-0.3, -0.25) is 0 Å². The summed E-state index contributed by atoms with van der Waals surface area (Å²) in [6.07, 6.45) is 6.52. The van der Waals surface area contributed by atoms with Crippen LogP contribution in [-0.4, -0.2) is 38.1 Å². The summed E-state index contributed by atoms with van der Waals surface area (Å²) >= 11 is 0. The van der Waals surface area contributed by atoms with Crippen molar-refractivity contribution in [2.24, 2.45) is 0 Å². The van der Waals surface area contributed by atoms with Crippen molar-refractivity contribution in [3.63, 3.8) is 0 Å². The largest absolute Gasteiger partial charge is 0.497 e. The number of alkyl carbamates (subject to hydrolysis) is 1. The average molecular weight is 345 g/mol. The second-order valence-corrected chi connectivity index (χ2v) is 7.41. The monoisotopic (exact) mass is 345 g/mol. The quantitative estimate of drug-likeness (QED) is 0.832. The van der Waals surface area contributed by atoms with Gasteiger partial charge in [0.2, 0.25) is 0 Å². The van der Waals surface area contributed by atoms with E-state index in [2.05, 4.69) is 17.4 Å². The smallest absolute Gasteiger partial charge is 0.407 e. The molecule has 1 N–H and O–H groups in total. The van der Waals surface area contributed by atoms with E-state index in [4.69, 9.17) is 14.2 Å². The molecule has 5 nitrogen and oxygen atoms in total. The molecule has 1 amide bonds. The average Bonchev–Trinajstić information content (AvgIpc) is 3.32. The summed E-state index contributed by atoms with van der Waals surface area (Å²) in [4.78, 5) is 11.7. The summed E-state index contributed by atoms with van der Waals surface area (Å²) in [6, 6.07) is 6.43. The van der Waals surface area contributed by atoms with Gasteiger partial charge in [-0.2, -0.15) is 0 Å². The van der Waals surface area contributed by atoms with Crippen molar-refractivity contribution in [3.8, 4) is 5.75 Å². The van der Waals surface area contributed by atoms with Crippen LogP contribution in [0.3, 0.4) is 0 Å². The number of nitrogens with one attached hydrogen (secondary N) is 1. The number of benzene rings is 1. The van der Waals surface area contributed by atoms with Gasteiger partial charge >= 0.3 is 6.09 Å². The molecule has 0 unspecified atom stereocenters. The fraction of sp³-hybridized carbons (Fsp3) is 0.650. The van der Waals surface area contributed by atoms with Crippen molar-refractivity contribution in [2.75, 3.05) is 20.3 Å². The van der Waals surface area contributed by atoms with Gasteiger partial charge in [-0.1, -0.05) is 18.9 Å². The van der Waals surface area contributed by atoms with Crippen LogP contribution in [0.5, 0.6) is 5.75 Å². The number of carbonyl (C=O) groups excluding carboxylic acids is 1. The van der Waals surface area contributed by atoms with E-state index in [-0.39, 0.29) is 17.1 Å². The molecular formula is C20H27NO4. The summed E-state index contributed by atoms with van der Waals surface area (Å²) in [5.41, 5.74) is 2.67. The minimum atomic E-state index is -0.335. The summed E-state index contributed by atoms with van der Waals surface area (Å²) in [5.74, 6) is 0.899. The van der Waals surface area contributed by atoms with Crippen LogP contribution >= 0.6 is 0 Å². The van der Waals surface area contributed by atoms with E-state index in [0.717, 1.165) is 31.4 Å². The molecule has 0 bridgehead atoms. The highest BCUT2D eigenvalue weighted by atomic mass is 16.6. The lowest BCUT2D eigenvalue weighted by Crippen LogP contribution is -2.51. The van der Waals surface area contributed by atoms with Crippen LogP contribution in [0.4, 0.5) is 4.79 Å². The van der Waals surface area contributed by atoms with Crippen molar-refractivity contribution in [1.29, 1.82) is 0 Å². The molecule has 0 radical (unpaired) electrons. The molecule has 3 atom stereocenters. The van der Waals surface area contributed by atoms with Gasteiger partial charge in [-0.15, -0.1) is 0 Å². The zero-order valence-electron chi connectivity index (χ0n) is 15.1. The second-order valence-electron chi connectivity index (χ2n) is 7.41. The first kappa shape index (κ1) is 16.7. The van der Waals surface area contributed by atoms with Gasteiger partial charge in [-0.05, 0) is 49.4 Å². The van der Waals surface area contributed by atoms with Crippen LogP contribution in [0.25, 0.3) is 0 Å². The maximum Gasteiger partial charge on any atom is 0.407 e. The van der Waals surface area contributed by atoms with Crippen molar-refractivity contribution >= 4 is 6.09 Å². The minimum Gasteiger partial charge on any atom is -0.497 e. The molecule has 2 fully saturated rings. The van der Waals surface area contributed by atoms with Crippen molar-refractivity contribution in [3.05, 3.63) is 29.3 Å². The predicted molar refractivity (Wildman–Crippen MR) is 94.1 cm³/mol. The zero-order chi connectivity index (χ0) is 17.5. The summed E-state index contributed by atoms with van der Waals surface area (Å²) in [7, 11) is 1.71. The van der Waals surface area contributed by atoms with E-state index in [0.29, 0.717) is 19.3 Å². The van der Waals surface area contributed by atoms with Crippen LogP contribution in [0.1, 0.15) is 50.2 Å². The highest BCUT2D eigenvalue weighted by Crippen LogP contribution is 2.65. The van der Waals surface area contributed by atoms with E-state index in [1.54, 1.807) is 7.11 Å². The summed E-state index contributed by atoms with van der Waals surface area (Å²) in [5, 5.41) is 2.91. The van der Waals surface area contributed by atoms with E-state index in [1.165, 1.54) is 24.0 Å². The molecule has 4 rings (SSSR count). The number of methoxy groups -OCH3 is 1. The van der Waals surface area contributed by atoms with Gasteiger partial charge in [0.05, 0.1) is 19.8 Å². The van der Waals surface area contributed by atoms with Crippen LogP contribution in [0.2, 0.25) is 0 Å². The SMILES string of the molecule is CCOC(=O)NCC[C@]12CCCC[C@@]13O[C@H]3Cc1ccc(OC)cc12. The molecule has 1 spiro atoms. The van der Waals surface area contributed by atoms with Gasteiger partial charge in [0, 0.05) is 18.4 Å². The molecule has 1 aromatic rings. The van der Waals surface area contributed by atoms with E-state index < -0.39 is 0 Å². The number of amides is 1. The lowest BCUT2D eigenvalue weighted by molar-refractivity contribution is 0.108. The van der Waals surface area contributed by atoms with Crippen LogP contribution in [0, 0.1) is 0 Å². The maximum absolute atomic E-state index is 11.7. The number of hydrogen-bond donors (Lipinski definition) is 1. The number of epoxide rings is 1. The van der Waals surface area contributed by atoms with Gasteiger partial charge in [0.15, 0.2) is 0 Å². The third-order valence-electron chi connectivity index (χ3n) is 6.36. The molecule has 1 saturated heterocycles. The molecule has 1 heterocycles. The zero-order valence-corrected chi connectivity index (χ0v) is 15.1. The number of ether oxygens (including phenoxy) is 3. The highest BCUT2D eigenvalue weighted by molar-refractivity contribution is 5.67. The van der Waals surface area contributed by atoms with Gasteiger partial charge in [0.25, 0.3) is 0 Å². The van der Waals surface area contributed by atoms with E-state index in [1.807, 2.05) is 13.0 Å². The Kier molecular flexibility index (Phi) is 4.14. The third-order valence-corrected chi connectivity index (χ3v) is 6.36. The Bertz CT molecular complexity index is 676. The lowest BCUT2D eigenvalue weighted by Gasteiger charge is -2.47. The number of rotatable bonds is 5. The van der Waals surface area contributed by atoms with Crippen LogP contribution < -0.4 is 10.1 Å².